The SMILES string of the molecule is COc1nc2ccccc2nc1NC(=O)N1CCN(c2ccccc2)CC1. The number of benzene rings is 2. The minimum atomic E-state index is -0.189. The first kappa shape index (κ1) is 17.1. The summed E-state index contributed by atoms with van der Waals surface area (Å²) in [5.74, 6) is 0.650. The second-order valence-electron chi connectivity index (χ2n) is 6.31. The lowest BCUT2D eigenvalue weighted by Crippen LogP contribution is -2.50. The van der Waals surface area contributed by atoms with E-state index in [2.05, 4.69) is 32.3 Å². The van der Waals surface area contributed by atoms with Gasteiger partial charge in [-0.2, -0.15) is 0 Å². The third-order valence-corrected chi connectivity index (χ3v) is 4.65. The molecule has 1 fully saturated rings. The standard InChI is InChI=1S/C20H21N5O2/c1-27-19-18(21-16-9-5-6-10-17(16)22-19)23-20(26)25-13-11-24(12-14-25)15-7-3-2-4-8-15/h2-10H,11-14H2,1H3,(H,21,23,26). The highest BCUT2D eigenvalue weighted by atomic mass is 16.5. The van der Waals surface area contributed by atoms with Gasteiger partial charge in [-0.3, -0.25) is 5.32 Å². The summed E-state index contributed by atoms with van der Waals surface area (Å²) < 4.78 is 5.30. The van der Waals surface area contributed by atoms with E-state index in [1.165, 1.54) is 12.8 Å². The molecule has 138 valence electrons. The predicted octanol–water partition coefficient (Wildman–Crippen LogP) is 2.99. The van der Waals surface area contributed by atoms with E-state index in [9.17, 15) is 4.79 Å². The van der Waals surface area contributed by atoms with E-state index >= 15 is 0 Å². The Morgan fingerprint density at radius 1 is 0.926 bits per heavy atom. The van der Waals surface area contributed by atoms with Gasteiger partial charge in [0, 0.05) is 31.9 Å². The number of amides is 2. The topological polar surface area (TPSA) is 70.6 Å². The molecule has 0 atom stereocenters. The van der Waals surface area contributed by atoms with Crippen LogP contribution in [-0.2, 0) is 0 Å². The summed E-state index contributed by atoms with van der Waals surface area (Å²) >= 11 is 0. The summed E-state index contributed by atoms with van der Waals surface area (Å²) in [7, 11) is 1.52. The van der Waals surface area contributed by atoms with E-state index in [0.29, 0.717) is 30.3 Å². The molecule has 0 bridgehead atoms. The Hall–Kier alpha value is -3.35. The van der Waals surface area contributed by atoms with Crippen LogP contribution in [0.25, 0.3) is 11.0 Å². The van der Waals surface area contributed by atoms with Crippen LogP contribution in [0.5, 0.6) is 5.88 Å². The van der Waals surface area contributed by atoms with E-state index in [1.54, 1.807) is 4.90 Å². The maximum absolute atomic E-state index is 12.7. The van der Waals surface area contributed by atoms with Crippen LogP contribution in [-0.4, -0.2) is 54.2 Å². The largest absolute Gasteiger partial charge is 0.478 e. The molecule has 1 aromatic heterocycles. The van der Waals surface area contributed by atoms with Crippen LogP contribution in [0.1, 0.15) is 0 Å². The molecule has 0 saturated carbocycles. The number of aromatic nitrogens is 2. The van der Waals surface area contributed by atoms with E-state index in [1.807, 2.05) is 42.5 Å². The Labute approximate surface area is 157 Å². The van der Waals surface area contributed by atoms with Gasteiger partial charge in [-0.1, -0.05) is 30.3 Å². The Morgan fingerprint density at radius 2 is 1.56 bits per heavy atom. The first-order valence-electron chi connectivity index (χ1n) is 8.91. The molecule has 1 aliphatic heterocycles. The number of hydrogen-bond acceptors (Lipinski definition) is 5. The summed E-state index contributed by atoms with van der Waals surface area (Å²) in [4.78, 5) is 25.7. The van der Waals surface area contributed by atoms with E-state index in [4.69, 9.17) is 4.74 Å². The number of rotatable bonds is 3. The molecule has 0 aliphatic carbocycles. The summed E-state index contributed by atoms with van der Waals surface area (Å²) in [6, 6.07) is 17.5. The Balaban J connectivity index is 1.45. The lowest BCUT2D eigenvalue weighted by atomic mass is 10.2. The van der Waals surface area contributed by atoms with Gasteiger partial charge in [-0.15, -0.1) is 0 Å². The molecule has 4 rings (SSSR count). The Kier molecular flexibility index (Phi) is 4.74. The van der Waals surface area contributed by atoms with Crippen molar-refractivity contribution in [3.05, 3.63) is 54.6 Å². The third kappa shape index (κ3) is 3.62. The van der Waals surface area contributed by atoms with Crippen molar-refractivity contribution in [2.45, 2.75) is 0 Å². The first-order chi connectivity index (χ1) is 13.2. The van der Waals surface area contributed by atoms with Crippen molar-refractivity contribution in [1.82, 2.24) is 14.9 Å². The van der Waals surface area contributed by atoms with E-state index in [-0.39, 0.29) is 6.03 Å². The van der Waals surface area contributed by atoms with Gasteiger partial charge < -0.3 is 14.5 Å². The van der Waals surface area contributed by atoms with Crippen molar-refractivity contribution in [1.29, 1.82) is 0 Å². The molecule has 1 N–H and O–H groups in total. The molecule has 0 unspecified atom stereocenters. The number of piperazine rings is 1. The Bertz CT molecular complexity index is 940. The number of methoxy groups -OCH3 is 1. The number of para-hydroxylation sites is 3. The molecule has 2 amide bonds. The number of nitrogens with one attached hydrogen (secondary N) is 1. The van der Waals surface area contributed by atoms with Crippen molar-refractivity contribution in [3.63, 3.8) is 0 Å². The predicted molar refractivity (Wildman–Crippen MR) is 105 cm³/mol. The minimum Gasteiger partial charge on any atom is -0.478 e. The monoisotopic (exact) mass is 363 g/mol. The van der Waals surface area contributed by atoms with Crippen LogP contribution in [0.15, 0.2) is 54.6 Å². The van der Waals surface area contributed by atoms with Crippen molar-refractivity contribution < 1.29 is 9.53 Å². The van der Waals surface area contributed by atoms with Crippen LogP contribution >= 0.6 is 0 Å². The second kappa shape index (κ2) is 7.49. The zero-order valence-electron chi connectivity index (χ0n) is 15.1. The van der Waals surface area contributed by atoms with Gasteiger partial charge in [0.2, 0.25) is 0 Å². The maximum Gasteiger partial charge on any atom is 0.323 e. The van der Waals surface area contributed by atoms with Gasteiger partial charge in [0.15, 0.2) is 5.82 Å². The van der Waals surface area contributed by atoms with Gasteiger partial charge in [0.1, 0.15) is 0 Å². The van der Waals surface area contributed by atoms with Crippen LogP contribution in [0.3, 0.4) is 0 Å². The van der Waals surface area contributed by atoms with Crippen LogP contribution in [0, 0.1) is 0 Å². The molecule has 2 heterocycles. The first-order valence-corrected chi connectivity index (χ1v) is 8.91. The smallest absolute Gasteiger partial charge is 0.323 e. The highest BCUT2D eigenvalue weighted by Crippen LogP contribution is 2.23. The lowest BCUT2D eigenvalue weighted by molar-refractivity contribution is 0.208. The number of ether oxygens (including phenoxy) is 1. The van der Waals surface area contributed by atoms with Crippen molar-refractivity contribution >= 4 is 28.6 Å². The van der Waals surface area contributed by atoms with Gasteiger partial charge >= 0.3 is 6.03 Å². The summed E-state index contributed by atoms with van der Waals surface area (Å²) in [6.45, 7) is 2.87. The molecule has 2 aromatic carbocycles. The fourth-order valence-corrected chi connectivity index (χ4v) is 3.19. The van der Waals surface area contributed by atoms with Crippen LogP contribution < -0.4 is 15.0 Å². The zero-order valence-corrected chi connectivity index (χ0v) is 15.1. The molecule has 1 aliphatic rings. The molecule has 3 aromatic rings. The number of carbonyl (C=O) groups excluding carboxylic acids is 1. The molecule has 1 saturated heterocycles. The number of urea groups is 1. The fourth-order valence-electron chi connectivity index (χ4n) is 3.19. The molecular formula is C20H21N5O2. The minimum absolute atomic E-state index is 0.189. The third-order valence-electron chi connectivity index (χ3n) is 4.65. The lowest BCUT2D eigenvalue weighted by Gasteiger charge is -2.36. The molecule has 7 nitrogen and oxygen atoms in total. The molecule has 7 heteroatoms. The van der Waals surface area contributed by atoms with Gasteiger partial charge in [0.25, 0.3) is 5.88 Å². The Morgan fingerprint density at radius 3 is 2.22 bits per heavy atom. The average molecular weight is 363 g/mol. The molecule has 27 heavy (non-hydrogen) atoms. The van der Waals surface area contributed by atoms with Gasteiger partial charge in [-0.05, 0) is 24.3 Å². The van der Waals surface area contributed by atoms with Crippen molar-refractivity contribution in [2.75, 3.05) is 43.5 Å². The van der Waals surface area contributed by atoms with Gasteiger partial charge in [0.05, 0.1) is 18.1 Å². The quantitative estimate of drug-likeness (QED) is 0.775. The zero-order chi connectivity index (χ0) is 18.6. The summed E-state index contributed by atoms with van der Waals surface area (Å²) in [5, 5.41) is 2.85. The number of carbonyl (C=O) groups is 1. The van der Waals surface area contributed by atoms with Gasteiger partial charge in [-0.25, -0.2) is 14.8 Å². The van der Waals surface area contributed by atoms with Crippen molar-refractivity contribution in [2.24, 2.45) is 0 Å². The normalized spacial score (nSPS) is 14.3. The highest BCUT2D eigenvalue weighted by Gasteiger charge is 2.23. The van der Waals surface area contributed by atoms with E-state index < -0.39 is 0 Å². The van der Waals surface area contributed by atoms with Crippen LogP contribution in [0.4, 0.5) is 16.3 Å². The van der Waals surface area contributed by atoms with Crippen molar-refractivity contribution in [3.8, 4) is 5.88 Å². The fraction of sp³-hybridized carbons (Fsp3) is 0.250. The summed E-state index contributed by atoms with van der Waals surface area (Å²) in [6.07, 6.45) is 0. The van der Waals surface area contributed by atoms with Crippen LogP contribution in [0.2, 0.25) is 0 Å². The highest BCUT2D eigenvalue weighted by molar-refractivity contribution is 5.91. The molecule has 0 spiro atoms. The number of nitrogens with zero attached hydrogens (tertiary/aromatic N) is 4. The second-order valence-corrected chi connectivity index (χ2v) is 6.31. The van der Waals surface area contributed by atoms with E-state index in [0.717, 1.165) is 18.6 Å². The summed E-state index contributed by atoms with van der Waals surface area (Å²) in [5.41, 5.74) is 2.62. The molecular weight excluding hydrogens is 342 g/mol. The molecule has 0 radical (unpaired) electrons. The number of fused-ring (bicyclic) bond motifs is 1. The average Bonchev–Trinajstić information content (AvgIpc) is 2.74. The number of hydrogen-bond donors (Lipinski definition) is 1. The maximum atomic E-state index is 12.7. The number of anilines is 2.